The van der Waals surface area contributed by atoms with Crippen LogP contribution < -0.4 is 15.6 Å². The largest absolute Gasteiger partial charge is 0.494 e. The molecular weight excluding hydrogens is 450 g/mol. The van der Waals surface area contributed by atoms with E-state index in [2.05, 4.69) is 15.5 Å². The van der Waals surface area contributed by atoms with E-state index in [1.54, 1.807) is 16.8 Å². The number of benzene rings is 2. The number of carbonyl (C=O) groups is 1. The zero-order valence-electron chi connectivity index (χ0n) is 19.6. The van der Waals surface area contributed by atoms with E-state index >= 15 is 0 Å². The van der Waals surface area contributed by atoms with Crippen LogP contribution in [0.5, 0.6) is 5.75 Å². The van der Waals surface area contributed by atoms with Gasteiger partial charge in [0.1, 0.15) is 5.75 Å². The number of nitrogens with one attached hydrogen (secondary N) is 1. The van der Waals surface area contributed by atoms with Crippen molar-refractivity contribution < 1.29 is 9.53 Å². The average Bonchev–Trinajstić information content (AvgIpc) is 3.24. The summed E-state index contributed by atoms with van der Waals surface area (Å²) in [5, 5.41) is 11.5. The molecule has 0 aliphatic rings. The molecule has 1 N–H and O–H groups in total. The third-order valence-electron chi connectivity index (χ3n) is 5.51. The Bertz CT molecular complexity index is 1360. The molecule has 2 aromatic carbocycles. The molecule has 176 valence electrons. The topological polar surface area (TPSA) is 90.5 Å². The van der Waals surface area contributed by atoms with E-state index in [1.165, 1.54) is 16.3 Å². The lowest BCUT2D eigenvalue weighted by Gasteiger charge is -2.16. The van der Waals surface area contributed by atoms with Crippen LogP contribution in [0, 0.1) is 13.8 Å². The fraction of sp³-hybridized carbons (Fsp3) is 0.280. The van der Waals surface area contributed by atoms with Crippen LogP contribution in [0.3, 0.4) is 0 Å². The Morgan fingerprint density at radius 1 is 1.06 bits per heavy atom. The van der Waals surface area contributed by atoms with Gasteiger partial charge >= 0.3 is 5.56 Å². The van der Waals surface area contributed by atoms with Crippen molar-refractivity contribution in [3.8, 4) is 11.4 Å². The number of aromatic nitrogens is 4. The molecule has 2 heterocycles. The molecule has 1 unspecified atom stereocenters. The van der Waals surface area contributed by atoms with E-state index < -0.39 is 0 Å². The number of amides is 1. The average molecular weight is 478 g/mol. The maximum Gasteiger partial charge on any atom is 0.300 e. The van der Waals surface area contributed by atoms with Crippen LogP contribution in [-0.4, -0.2) is 36.9 Å². The highest BCUT2D eigenvalue weighted by Gasteiger charge is 2.23. The lowest BCUT2D eigenvalue weighted by molar-refractivity contribution is -0.115. The van der Waals surface area contributed by atoms with Gasteiger partial charge < -0.3 is 10.1 Å². The second-order valence-electron chi connectivity index (χ2n) is 7.85. The number of hydrogen-bond donors (Lipinski definition) is 1. The molecule has 2 aromatic heterocycles. The molecule has 9 heteroatoms. The van der Waals surface area contributed by atoms with Crippen molar-refractivity contribution in [1.29, 1.82) is 0 Å². The number of rotatable bonds is 8. The van der Waals surface area contributed by atoms with Gasteiger partial charge in [-0.2, -0.15) is 0 Å². The first kappa shape index (κ1) is 23.6. The molecule has 34 heavy (non-hydrogen) atoms. The van der Waals surface area contributed by atoms with Gasteiger partial charge in [0, 0.05) is 23.8 Å². The normalized spacial score (nSPS) is 12.0. The maximum atomic E-state index is 13.1. The fourth-order valence-electron chi connectivity index (χ4n) is 3.68. The highest BCUT2D eigenvalue weighted by molar-refractivity contribution is 8.00. The predicted octanol–water partition coefficient (Wildman–Crippen LogP) is 4.41. The summed E-state index contributed by atoms with van der Waals surface area (Å²) >= 11 is 1.29. The van der Waals surface area contributed by atoms with E-state index in [9.17, 15) is 9.59 Å². The zero-order valence-corrected chi connectivity index (χ0v) is 20.4. The Hall–Kier alpha value is -3.59. The monoisotopic (exact) mass is 477 g/mol. The number of ether oxygens (including phenoxy) is 1. The van der Waals surface area contributed by atoms with E-state index in [-0.39, 0.29) is 22.4 Å². The number of anilines is 1. The first-order valence-electron chi connectivity index (χ1n) is 11.2. The van der Waals surface area contributed by atoms with Crippen molar-refractivity contribution in [3.63, 3.8) is 0 Å². The van der Waals surface area contributed by atoms with Gasteiger partial charge in [0.2, 0.25) is 11.6 Å². The van der Waals surface area contributed by atoms with Gasteiger partial charge in [-0.15, -0.1) is 10.2 Å². The number of hydrogen-bond acceptors (Lipinski definition) is 6. The Kier molecular flexibility index (Phi) is 7.02. The molecule has 1 amide bonds. The summed E-state index contributed by atoms with van der Waals surface area (Å²) in [6.45, 7) is 8.39. The number of para-hydroxylation sites is 1. The quantitative estimate of drug-likeness (QED) is 0.378. The van der Waals surface area contributed by atoms with Crippen LogP contribution in [0.25, 0.3) is 11.3 Å². The lowest BCUT2D eigenvalue weighted by atomic mass is 10.1. The molecule has 0 radical (unpaired) electrons. The summed E-state index contributed by atoms with van der Waals surface area (Å²) in [6.07, 6.45) is 4.02. The number of carbonyl (C=O) groups excluding carboxylic acids is 1. The molecule has 0 spiro atoms. The van der Waals surface area contributed by atoms with E-state index in [0.717, 1.165) is 22.6 Å². The third-order valence-corrected chi connectivity index (χ3v) is 6.83. The fourth-order valence-corrected chi connectivity index (χ4v) is 4.62. The Morgan fingerprint density at radius 3 is 2.41 bits per heavy atom. The molecule has 4 rings (SSSR count). The van der Waals surface area contributed by atoms with Crippen molar-refractivity contribution in [1.82, 2.24) is 19.2 Å². The van der Waals surface area contributed by atoms with Crippen molar-refractivity contribution in [2.45, 2.75) is 44.5 Å². The van der Waals surface area contributed by atoms with Crippen LogP contribution in [0.4, 0.5) is 5.69 Å². The number of thioether (sulfide) groups is 1. The smallest absolute Gasteiger partial charge is 0.300 e. The summed E-state index contributed by atoms with van der Waals surface area (Å²) in [4.78, 5) is 26.1. The zero-order chi connectivity index (χ0) is 24.2. The molecule has 8 nitrogen and oxygen atoms in total. The van der Waals surface area contributed by atoms with E-state index in [0.29, 0.717) is 23.9 Å². The van der Waals surface area contributed by atoms with Gasteiger partial charge in [0.25, 0.3) is 0 Å². The number of nitrogens with zero attached hydrogens (tertiary/aromatic N) is 4. The minimum atomic E-state index is -0.389. The number of fused-ring (bicyclic) bond motifs is 1. The van der Waals surface area contributed by atoms with E-state index in [1.807, 2.05) is 70.2 Å². The van der Waals surface area contributed by atoms with Crippen LogP contribution in [0.2, 0.25) is 0 Å². The first-order chi connectivity index (χ1) is 16.4. The molecule has 0 aliphatic carbocycles. The summed E-state index contributed by atoms with van der Waals surface area (Å²) < 4.78 is 8.61. The van der Waals surface area contributed by atoms with Gasteiger partial charge in [0.05, 0.1) is 11.9 Å². The molecule has 4 aromatic rings. The highest BCUT2D eigenvalue weighted by Crippen LogP contribution is 2.27. The summed E-state index contributed by atoms with van der Waals surface area (Å²) in [7, 11) is 0. The van der Waals surface area contributed by atoms with Crippen molar-refractivity contribution in [2.75, 3.05) is 11.9 Å². The minimum absolute atomic E-state index is 0.107. The SMILES string of the molecule is CCOc1ccc(-n2ccn3c(SC(CC)C(=O)Nc4c(C)cccc4C)nnc3c2=O)cc1. The van der Waals surface area contributed by atoms with E-state index in [4.69, 9.17) is 4.74 Å². The Labute approximate surface area is 202 Å². The molecular formula is C25H27N5O3S. The second-order valence-corrected chi connectivity index (χ2v) is 9.02. The number of aryl methyl sites for hydroxylation is 2. The van der Waals surface area contributed by atoms with Gasteiger partial charge in [0.15, 0.2) is 5.16 Å². The molecule has 0 saturated carbocycles. The summed E-state index contributed by atoms with van der Waals surface area (Å²) in [6, 6.07) is 13.2. The molecule has 0 bridgehead atoms. The third kappa shape index (κ3) is 4.70. The molecule has 0 saturated heterocycles. The van der Waals surface area contributed by atoms with Crippen molar-refractivity contribution in [3.05, 3.63) is 76.3 Å². The maximum absolute atomic E-state index is 13.1. The molecule has 0 aliphatic heterocycles. The van der Waals surface area contributed by atoms with Gasteiger partial charge in [-0.05, 0) is 62.6 Å². The van der Waals surface area contributed by atoms with Crippen LogP contribution >= 0.6 is 11.8 Å². The summed E-state index contributed by atoms with van der Waals surface area (Å²) in [5.41, 5.74) is 3.46. The molecule has 0 fully saturated rings. The van der Waals surface area contributed by atoms with Gasteiger partial charge in [-0.25, -0.2) is 0 Å². The van der Waals surface area contributed by atoms with Crippen molar-refractivity contribution >= 4 is 29.0 Å². The van der Waals surface area contributed by atoms with Crippen LogP contribution in [0.1, 0.15) is 31.4 Å². The van der Waals surface area contributed by atoms with Crippen LogP contribution in [-0.2, 0) is 4.79 Å². The second kappa shape index (κ2) is 10.1. The Morgan fingerprint density at radius 2 is 1.76 bits per heavy atom. The predicted molar refractivity (Wildman–Crippen MR) is 134 cm³/mol. The van der Waals surface area contributed by atoms with Crippen LogP contribution in [0.15, 0.2) is 64.8 Å². The first-order valence-corrected chi connectivity index (χ1v) is 12.0. The van der Waals surface area contributed by atoms with Gasteiger partial charge in [-0.3, -0.25) is 18.6 Å². The standard InChI is InChI=1S/C25H27N5O3S/c1-5-20(23(31)26-21-16(3)8-7-9-17(21)4)34-25-28-27-22-24(32)29(14-15-30(22)25)18-10-12-19(13-11-18)33-6-2/h7-15,20H,5-6H2,1-4H3,(H,26,31). The highest BCUT2D eigenvalue weighted by atomic mass is 32.2. The Balaban J connectivity index is 1.58. The van der Waals surface area contributed by atoms with Crippen molar-refractivity contribution in [2.24, 2.45) is 0 Å². The molecule has 1 atom stereocenters. The minimum Gasteiger partial charge on any atom is -0.494 e. The van der Waals surface area contributed by atoms with Gasteiger partial charge in [-0.1, -0.05) is 36.9 Å². The summed E-state index contributed by atoms with van der Waals surface area (Å²) in [5.74, 6) is 0.635. The lowest BCUT2D eigenvalue weighted by Crippen LogP contribution is -2.26.